The fourth-order valence-corrected chi connectivity index (χ4v) is 3.34. The van der Waals surface area contributed by atoms with Gasteiger partial charge in [-0.05, 0) is 22.8 Å². The van der Waals surface area contributed by atoms with Gasteiger partial charge in [0.05, 0.1) is 0 Å². The molecular weight excluding hydrogens is 322 g/mol. The van der Waals surface area contributed by atoms with Crippen molar-refractivity contribution in [1.82, 2.24) is 4.90 Å². The van der Waals surface area contributed by atoms with Crippen molar-refractivity contribution in [2.75, 3.05) is 0 Å². The number of ether oxygens (including phenoxy) is 1. The second-order valence-corrected chi connectivity index (χ2v) is 6.58. The van der Waals surface area contributed by atoms with Gasteiger partial charge < -0.3 is 9.64 Å². The Morgan fingerprint density at radius 1 is 0.808 bits per heavy atom. The second-order valence-electron chi connectivity index (χ2n) is 6.58. The predicted molar refractivity (Wildman–Crippen MR) is 102 cm³/mol. The molecule has 130 valence electrons. The molecule has 4 rings (SSSR count). The molecule has 0 fully saturated rings. The van der Waals surface area contributed by atoms with Gasteiger partial charge in [-0.15, -0.1) is 0 Å². The summed E-state index contributed by atoms with van der Waals surface area (Å²) in [5.41, 5.74) is 3.34. The van der Waals surface area contributed by atoms with Crippen LogP contribution in [0.15, 0.2) is 84.9 Å². The molecule has 0 spiro atoms. The van der Waals surface area contributed by atoms with Crippen LogP contribution in [-0.2, 0) is 24.3 Å². The molecular formula is C23H21NO2. The zero-order valence-electron chi connectivity index (χ0n) is 14.5. The van der Waals surface area contributed by atoms with Crippen molar-refractivity contribution >= 4 is 5.91 Å². The van der Waals surface area contributed by atoms with Crippen LogP contribution in [0.1, 0.15) is 16.7 Å². The molecule has 0 bridgehead atoms. The zero-order valence-corrected chi connectivity index (χ0v) is 14.5. The summed E-state index contributed by atoms with van der Waals surface area (Å²) < 4.78 is 5.93. The lowest BCUT2D eigenvalue weighted by Gasteiger charge is -2.25. The van der Waals surface area contributed by atoms with E-state index in [1.807, 2.05) is 65.6 Å². The highest BCUT2D eigenvalue weighted by Gasteiger charge is 2.32. The van der Waals surface area contributed by atoms with Crippen LogP contribution in [0.25, 0.3) is 0 Å². The lowest BCUT2D eigenvalue weighted by atomic mass is 10.1. The van der Waals surface area contributed by atoms with E-state index in [0.29, 0.717) is 19.5 Å². The summed E-state index contributed by atoms with van der Waals surface area (Å²) in [6.07, 6.45) is 0.189. The third-order valence-electron chi connectivity index (χ3n) is 4.67. The Balaban J connectivity index is 1.55. The number of para-hydroxylation sites is 1. The molecule has 1 aliphatic heterocycles. The number of carbonyl (C=O) groups is 1. The largest absolute Gasteiger partial charge is 0.480 e. The smallest absolute Gasteiger partial charge is 0.264 e. The summed E-state index contributed by atoms with van der Waals surface area (Å²) in [6, 6.07) is 28.1. The van der Waals surface area contributed by atoms with Gasteiger partial charge in [0.2, 0.25) is 0 Å². The quantitative estimate of drug-likeness (QED) is 0.694. The second kappa shape index (κ2) is 7.44. The molecule has 0 aromatic heterocycles. The van der Waals surface area contributed by atoms with Crippen molar-refractivity contribution in [2.24, 2.45) is 0 Å². The number of nitrogens with zero attached hydrogens (tertiary/aromatic N) is 1. The SMILES string of the molecule is O=C([C@H]1Cc2ccccc2O1)N(Cc1ccccc1)Cc1ccccc1. The fraction of sp³-hybridized carbons (Fsp3) is 0.174. The lowest BCUT2D eigenvalue weighted by Crippen LogP contribution is -2.40. The van der Waals surface area contributed by atoms with Crippen LogP contribution >= 0.6 is 0 Å². The third kappa shape index (κ3) is 3.62. The number of benzene rings is 3. The summed E-state index contributed by atoms with van der Waals surface area (Å²) in [7, 11) is 0. The first-order valence-corrected chi connectivity index (χ1v) is 8.91. The third-order valence-corrected chi connectivity index (χ3v) is 4.67. The normalized spacial score (nSPS) is 15.2. The van der Waals surface area contributed by atoms with E-state index in [0.717, 1.165) is 22.4 Å². The van der Waals surface area contributed by atoms with Crippen LogP contribution < -0.4 is 4.74 Å². The van der Waals surface area contributed by atoms with Crippen LogP contribution in [0, 0.1) is 0 Å². The van der Waals surface area contributed by atoms with Crippen LogP contribution in [-0.4, -0.2) is 16.9 Å². The standard InChI is InChI=1S/C23H21NO2/c25-23(22-15-20-13-7-8-14-21(20)26-22)24(16-18-9-3-1-4-10-18)17-19-11-5-2-6-12-19/h1-14,22H,15-17H2/t22-/m1/s1. The number of amides is 1. The predicted octanol–water partition coefficient (Wildman–Crippen LogP) is 4.22. The van der Waals surface area contributed by atoms with Gasteiger partial charge in [0.25, 0.3) is 5.91 Å². The average Bonchev–Trinajstić information content (AvgIpc) is 3.13. The molecule has 0 radical (unpaired) electrons. The van der Waals surface area contributed by atoms with Crippen LogP contribution in [0.3, 0.4) is 0 Å². The van der Waals surface area contributed by atoms with E-state index in [9.17, 15) is 4.79 Å². The molecule has 0 aliphatic carbocycles. The van der Waals surface area contributed by atoms with Crippen molar-refractivity contribution in [3.8, 4) is 5.75 Å². The Bertz CT molecular complexity index is 810. The van der Waals surface area contributed by atoms with E-state index >= 15 is 0 Å². The zero-order chi connectivity index (χ0) is 17.8. The first-order chi connectivity index (χ1) is 12.8. The highest BCUT2D eigenvalue weighted by Crippen LogP contribution is 2.29. The minimum Gasteiger partial charge on any atom is -0.480 e. The number of carbonyl (C=O) groups excluding carboxylic acids is 1. The van der Waals surface area contributed by atoms with E-state index < -0.39 is 6.10 Å². The first kappa shape index (κ1) is 16.4. The van der Waals surface area contributed by atoms with Gasteiger partial charge >= 0.3 is 0 Å². The molecule has 1 atom stereocenters. The Morgan fingerprint density at radius 2 is 1.35 bits per heavy atom. The number of fused-ring (bicyclic) bond motifs is 1. The molecule has 0 N–H and O–H groups in total. The molecule has 3 aromatic carbocycles. The van der Waals surface area contributed by atoms with Crippen LogP contribution in [0.2, 0.25) is 0 Å². The summed E-state index contributed by atoms with van der Waals surface area (Å²) >= 11 is 0. The van der Waals surface area contributed by atoms with E-state index in [-0.39, 0.29) is 5.91 Å². The van der Waals surface area contributed by atoms with Gasteiger partial charge in [-0.2, -0.15) is 0 Å². The molecule has 0 saturated heterocycles. The van der Waals surface area contributed by atoms with Crippen molar-refractivity contribution in [3.63, 3.8) is 0 Å². The van der Waals surface area contributed by atoms with Gasteiger partial charge in [-0.25, -0.2) is 0 Å². The first-order valence-electron chi connectivity index (χ1n) is 8.91. The van der Waals surface area contributed by atoms with Gasteiger partial charge in [0.1, 0.15) is 5.75 Å². The van der Waals surface area contributed by atoms with Crippen molar-refractivity contribution < 1.29 is 9.53 Å². The Kier molecular flexibility index (Phi) is 4.69. The van der Waals surface area contributed by atoms with E-state index in [4.69, 9.17) is 4.74 Å². The summed E-state index contributed by atoms with van der Waals surface area (Å²) in [5, 5.41) is 0. The summed E-state index contributed by atoms with van der Waals surface area (Å²) in [6.45, 7) is 1.15. The van der Waals surface area contributed by atoms with Crippen molar-refractivity contribution in [2.45, 2.75) is 25.6 Å². The number of hydrogen-bond acceptors (Lipinski definition) is 2. The summed E-state index contributed by atoms with van der Waals surface area (Å²) in [4.78, 5) is 15.1. The molecule has 0 unspecified atom stereocenters. The lowest BCUT2D eigenvalue weighted by molar-refractivity contribution is -0.139. The molecule has 3 nitrogen and oxygen atoms in total. The molecule has 1 heterocycles. The highest BCUT2D eigenvalue weighted by atomic mass is 16.5. The number of rotatable bonds is 5. The van der Waals surface area contributed by atoms with Gasteiger partial charge in [0.15, 0.2) is 6.10 Å². The maximum atomic E-state index is 13.2. The van der Waals surface area contributed by atoms with E-state index in [1.165, 1.54) is 0 Å². The highest BCUT2D eigenvalue weighted by molar-refractivity contribution is 5.82. The van der Waals surface area contributed by atoms with Gasteiger partial charge in [-0.1, -0.05) is 78.9 Å². The molecule has 1 aliphatic rings. The van der Waals surface area contributed by atoms with E-state index in [1.54, 1.807) is 0 Å². The maximum Gasteiger partial charge on any atom is 0.264 e. The maximum absolute atomic E-state index is 13.2. The minimum atomic E-state index is -0.445. The number of hydrogen-bond donors (Lipinski definition) is 0. The molecule has 0 saturated carbocycles. The van der Waals surface area contributed by atoms with Crippen molar-refractivity contribution in [1.29, 1.82) is 0 Å². The molecule has 3 aromatic rings. The Hall–Kier alpha value is -3.07. The average molecular weight is 343 g/mol. The van der Waals surface area contributed by atoms with Crippen LogP contribution in [0.5, 0.6) is 5.75 Å². The topological polar surface area (TPSA) is 29.5 Å². The van der Waals surface area contributed by atoms with E-state index in [2.05, 4.69) is 24.3 Å². The van der Waals surface area contributed by atoms with Gasteiger partial charge in [-0.3, -0.25) is 4.79 Å². The van der Waals surface area contributed by atoms with Gasteiger partial charge in [0, 0.05) is 19.5 Å². The molecule has 26 heavy (non-hydrogen) atoms. The fourth-order valence-electron chi connectivity index (χ4n) is 3.34. The van der Waals surface area contributed by atoms with Crippen LogP contribution in [0.4, 0.5) is 0 Å². The summed E-state index contributed by atoms with van der Waals surface area (Å²) in [5.74, 6) is 0.860. The van der Waals surface area contributed by atoms with Crippen molar-refractivity contribution in [3.05, 3.63) is 102 Å². The minimum absolute atomic E-state index is 0.0360. The monoisotopic (exact) mass is 343 g/mol. The molecule has 3 heteroatoms. The Morgan fingerprint density at radius 3 is 1.92 bits per heavy atom. The Labute approximate surface area is 153 Å². The molecule has 1 amide bonds.